The summed E-state index contributed by atoms with van der Waals surface area (Å²) in [7, 11) is 0. The molecule has 0 spiro atoms. The molecule has 0 fully saturated rings. The highest BCUT2D eigenvalue weighted by atomic mass is 19.4. The summed E-state index contributed by atoms with van der Waals surface area (Å²) in [4.78, 5) is 38.2. The summed E-state index contributed by atoms with van der Waals surface area (Å²) in [6.45, 7) is 3.84. The summed E-state index contributed by atoms with van der Waals surface area (Å²) in [6, 6.07) is 17.8. The lowest BCUT2D eigenvalue weighted by Gasteiger charge is -2.30. The van der Waals surface area contributed by atoms with Crippen molar-refractivity contribution in [1.29, 1.82) is 0 Å². The summed E-state index contributed by atoms with van der Waals surface area (Å²) >= 11 is 0. The highest BCUT2D eigenvalue weighted by molar-refractivity contribution is 6.31. The molecule has 43 heavy (non-hydrogen) atoms. The van der Waals surface area contributed by atoms with Crippen molar-refractivity contribution in [3.63, 3.8) is 0 Å². The van der Waals surface area contributed by atoms with Gasteiger partial charge >= 0.3 is 18.1 Å². The Morgan fingerprint density at radius 1 is 0.791 bits per heavy atom. The number of anilines is 1. The van der Waals surface area contributed by atoms with Crippen LogP contribution in [-0.4, -0.2) is 27.8 Å². The van der Waals surface area contributed by atoms with E-state index in [9.17, 15) is 32.7 Å². The van der Waals surface area contributed by atoms with Gasteiger partial charge in [-0.05, 0) is 72.4 Å². The number of aryl methyl sites for hydroxylation is 1. The van der Waals surface area contributed by atoms with Gasteiger partial charge in [-0.2, -0.15) is 13.2 Å². The lowest BCUT2D eigenvalue weighted by atomic mass is 10.00. The first-order valence-electron chi connectivity index (χ1n) is 14.7. The van der Waals surface area contributed by atoms with Crippen LogP contribution >= 0.6 is 0 Å². The Labute approximate surface area is 250 Å². The third kappa shape index (κ3) is 9.98. The van der Waals surface area contributed by atoms with E-state index in [-0.39, 0.29) is 18.9 Å². The standard InChI is InChI=1S/C34H39F3N2O4/c1-3-5-6-7-8-9-10-24-11-15-27(16-12-24)31(40)38-29-21-13-25(14-22-29)23-39(32(41)33(42)43)30(4-2)26-17-19-28(20-18-26)34(35,36)37/h11-22,30H,3-10,23H2,1-2H3,(H,38,40)(H,42,43). The van der Waals surface area contributed by atoms with Gasteiger partial charge in [-0.25, -0.2) is 4.79 Å². The number of rotatable bonds is 14. The predicted octanol–water partition coefficient (Wildman–Crippen LogP) is 8.43. The van der Waals surface area contributed by atoms with Crippen molar-refractivity contribution in [2.24, 2.45) is 0 Å². The molecule has 3 aromatic carbocycles. The molecule has 0 aromatic heterocycles. The summed E-state index contributed by atoms with van der Waals surface area (Å²) < 4.78 is 39.1. The van der Waals surface area contributed by atoms with E-state index in [1.54, 1.807) is 43.3 Å². The number of aliphatic carboxylic acids is 1. The molecular weight excluding hydrogens is 557 g/mol. The van der Waals surface area contributed by atoms with Gasteiger partial charge in [-0.15, -0.1) is 0 Å². The summed E-state index contributed by atoms with van der Waals surface area (Å²) in [5.74, 6) is -3.09. The fourth-order valence-electron chi connectivity index (χ4n) is 5.00. The molecule has 9 heteroatoms. The number of carboxylic acids is 1. The van der Waals surface area contributed by atoms with Gasteiger partial charge in [0.15, 0.2) is 0 Å². The van der Waals surface area contributed by atoms with Crippen molar-refractivity contribution in [3.05, 3.63) is 101 Å². The van der Waals surface area contributed by atoms with Crippen molar-refractivity contribution in [3.8, 4) is 0 Å². The number of carbonyl (C=O) groups excluding carboxylic acids is 2. The molecule has 1 atom stereocenters. The van der Waals surface area contributed by atoms with Crippen LogP contribution in [0.2, 0.25) is 0 Å². The molecule has 0 radical (unpaired) electrons. The molecule has 0 saturated heterocycles. The monoisotopic (exact) mass is 596 g/mol. The van der Waals surface area contributed by atoms with Crippen LogP contribution in [0.1, 0.15) is 97.4 Å². The minimum absolute atomic E-state index is 0.0844. The first-order chi connectivity index (χ1) is 20.5. The van der Waals surface area contributed by atoms with Gasteiger partial charge in [-0.3, -0.25) is 9.59 Å². The van der Waals surface area contributed by atoms with E-state index in [1.807, 2.05) is 12.1 Å². The lowest BCUT2D eigenvalue weighted by molar-refractivity contribution is -0.157. The van der Waals surface area contributed by atoms with Gasteiger partial charge in [0, 0.05) is 17.8 Å². The number of amides is 2. The quantitative estimate of drug-likeness (QED) is 0.144. The maximum atomic E-state index is 13.0. The number of carbonyl (C=O) groups is 3. The van der Waals surface area contributed by atoms with Gasteiger partial charge < -0.3 is 15.3 Å². The normalized spacial score (nSPS) is 12.0. The number of benzene rings is 3. The molecule has 1 unspecified atom stereocenters. The number of carboxylic acid groups (broad SMARTS) is 1. The van der Waals surface area contributed by atoms with E-state index in [0.717, 1.165) is 29.9 Å². The Hall–Kier alpha value is -4.14. The van der Waals surface area contributed by atoms with Crippen LogP contribution < -0.4 is 5.32 Å². The number of alkyl halides is 3. The third-order valence-electron chi connectivity index (χ3n) is 7.43. The number of halogens is 3. The molecule has 0 bridgehead atoms. The van der Waals surface area contributed by atoms with E-state index in [1.165, 1.54) is 49.8 Å². The Kier molecular flexibility index (Phi) is 12.3. The average Bonchev–Trinajstić information content (AvgIpc) is 2.99. The maximum Gasteiger partial charge on any atom is 0.416 e. The van der Waals surface area contributed by atoms with Crippen LogP contribution in [0.5, 0.6) is 0 Å². The van der Waals surface area contributed by atoms with Crippen molar-refractivity contribution >= 4 is 23.5 Å². The topological polar surface area (TPSA) is 86.7 Å². The zero-order valence-corrected chi connectivity index (χ0v) is 24.6. The van der Waals surface area contributed by atoms with Crippen LogP contribution in [0.3, 0.4) is 0 Å². The van der Waals surface area contributed by atoms with Gasteiger partial charge in [0.05, 0.1) is 11.6 Å². The Balaban J connectivity index is 1.64. The second kappa shape index (κ2) is 15.9. The third-order valence-corrected chi connectivity index (χ3v) is 7.43. The van der Waals surface area contributed by atoms with E-state index in [0.29, 0.717) is 22.4 Å². The second-order valence-electron chi connectivity index (χ2n) is 10.6. The molecule has 2 amide bonds. The van der Waals surface area contributed by atoms with Gasteiger partial charge in [-0.1, -0.05) is 82.3 Å². The van der Waals surface area contributed by atoms with E-state index >= 15 is 0 Å². The predicted molar refractivity (Wildman–Crippen MR) is 161 cm³/mol. The van der Waals surface area contributed by atoms with Crippen LogP contribution in [0.25, 0.3) is 0 Å². The molecule has 230 valence electrons. The van der Waals surface area contributed by atoms with Gasteiger partial charge in [0.2, 0.25) is 0 Å². The fourth-order valence-corrected chi connectivity index (χ4v) is 5.00. The van der Waals surface area contributed by atoms with E-state index < -0.39 is 29.7 Å². The van der Waals surface area contributed by atoms with Crippen LogP contribution in [-0.2, 0) is 28.7 Å². The SMILES string of the molecule is CCCCCCCCc1ccc(C(=O)Nc2ccc(CN(C(=O)C(=O)O)C(CC)c3ccc(C(F)(F)F)cc3)cc2)cc1. The minimum atomic E-state index is -4.51. The number of nitrogens with one attached hydrogen (secondary N) is 1. The number of unbranched alkanes of at least 4 members (excludes halogenated alkanes) is 5. The van der Waals surface area contributed by atoms with Crippen LogP contribution in [0, 0.1) is 0 Å². The average molecular weight is 597 g/mol. The first kappa shape index (κ1) is 33.4. The lowest BCUT2D eigenvalue weighted by Crippen LogP contribution is -2.38. The van der Waals surface area contributed by atoms with E-state index in [4.69, 9.17) is 0 Å². The molecule has 0 aliphatic heterocycles. The van der Waals surface area contributed by atoms with Crippen molar-refractivity contribution < 1.29 is 32.7 Å². The summed E-state index contributed by atoms with van der Waals surface area (Å²) in [5, 5.41) is 12.3. The highest BCUT2D eigenvalue weighted by Gasteiger charge is 2.32. The zero-order chi connectivity index (χ0) is 31.4. The molecule has 3 aromatic rings. The Bertz CT molecular complexity index is 1340. The largest absolute Gasteiger partial charge is 0.474 e. The number of nitrogens with zero attached hydrogens (tertiary/aromatic N) is 1. The van der Waals surface area contributed by atoms with Crippen LogP contribution in [0.15, 0.2) is 72.8 Å². The molecular formula is C34H39F3N2O4. The van der Waals surface area contributed by atoms with Crippen molar-refractivity contribution in [2.45, 2.75) is 84.0 Å². The van der Waals surface area contributed by atoms with Gasteiger partial charge in [0.1, 0.15) is 0 Å². The zero-order valence-electron chi connectivity index (χ0n) is 24.6. The molecule has 3 rings (SSSR count). The Morgan fingerprint density at radius 3 is 1.93 bits per heavy atom. The highest BCUT2D eigenvalue weighted by Crippen LogP contribution is 2.32. The van der Waals surface area contributed by atoms with Gasteiger partial charge in [0.25, 0.3) is 5.91 Å². The molecule has 0 aliphatic carbocycles. The van der Waals surface area contributed by atoms with Crippen molar-refractivity contribution in [2.75, 3.05) is 5.32 Å². The molecule has 0 heterocycles. The van der Waals surface area contributed by atoms with E-state index in [2.05, 4.69) is 12.2 Å². The first-order valence-corrected chi connectivity index (χ1v) is 14.7. The molecule has 0 aliphatic rings. The maximum absolute atomic E-state index is 13.0. The summed E-state index contributed by atoms with van der Waals surface area (Å²) in [5.41, 5.74) is 2.40. The number of hydrogen-bond donors (Lipinski definition) is 2. The molecule has 6 nitrogen and oxygen atoms in total. The second-order valence-corrected chi connectivity index (χ2v) is 10.6. The van der Waals surface area contributed by atoms with Crippen molar-refractivity contribution in [1.82, 2.24) is 4.90 Å². The smallest absolute Gasteiger partial charge is 0.416 e. The fraction of sp³-hybridized carbons (Fsp3) is 0.382. The molecule has 2 N–H and O–H groups in total. The summed E-state index contributed by atoms with van der Waals surface area (Å²) in [6.07, 6.45) is 4.12. The minimum Gasteiger partial charge on any atom is -0.474 e. The Morgan fingerprint density at radius 2 is 1.37 bits per heavy atom. The number of hydrogen-bond acceptors (Lipinski definition) is 3. The van der Waals surface area contributed by atoms with Crippen LogP contribution in [0.4, 0.5) is 18.9 Å². The molecule has 0 saturated carbocycles.